The highest BCUT2D eigenvalue weighted by Crippen LogP contribution is 2.31. The number of hydrogen-bond donors (Lipinski definition) is 1. The van der Waals surface area contributed by atoms with E-state index >= 15 is 0 Å². The first-order valence-corrected chi connectivity index (χ1v) is 5.77. The predicted octanol–water partition coefficient (Wildman–Crippen LogP) is 2.06. The Morgan fingerprint density at radius 1 is 1.24 bits per heavy atom. The maximum Gasteiger partial charge on any atom is 0.217 e. The topological polar surface area (TPSA) is 54.9 Å². The largest absolute Gasteiger partial charge is 0.351 e. The Kier molecular flexibility index (Phi) is 3.86. The average Bonchev–Trinajstić information content (AvgIpc) is 2.15. The summed E-state index contributed by atoms with van der Waals surface area (Å²) in [5.74, 6) is -0.00453. The Balaban J connectivity index is 2.83. The third kappa shape index (κ3) is 4.13. The van der Waals surface area contributed by atoms with Crippen molar-refractivity contribution >= 4 is 5.91 Å². The number of nitrogens with zero attached hydrogens (tertiary/aromatic N) is 2. The molecular formula is C13H21N3O. The van der Waals surface area contributed by atoms with Crippen molar-refractivity contribution in [1.29, 1.82) is 0 Å². The van der Waals surface area contributed by atoms with Gasteiger partial charge in [-0.1, -0.05) is 13.8 Å². The minimum Gasteiger partial charge on any atom is -0.351 e. The quantitative estimate of drug-likeness (QED) is 0.869. The Bertz CT molecular complexity index is 385. The van der Waals surface area contributed by atoms with Crippen LogP contribution in [0.3, 0.4) is 0 Å². The minimum atomic E-state index is -0.245. The number of carbonyl (C=O) groups excluding carboxylic acids is 1. The van der Waals surface area contributed by atoms with Crippen LogP contribution in [-0.4, -0.2) is 21.4 Å². The summed E-state index contributed by atoms with van der Waals surface area (Å²) >= 11 is 0. The molecule has 4 heteroatoms. The van der Waals surface area contributed by atoms with Crippen LogP contribution in [0, 0.1) is 0 Å². The van der Waals surface area contributed by atoms with Crippen molar-refractivity contribution in [1.82, 2.24) is 15.3 Å². The molecule has 0 aliphatic heterocycles. The van der Waals surface area contributed by atoms with Crippen molar-refractivity contribution in [2.45, 2.75) is 52.0 Å². The molecule has 94 valence electrons. The molecule has 0 saturated carbocycles. The summed E-state index contributed by atoms with van der Waals surface area (Å²) in [7, 11) is 0. The molecule has 0 fully saturated rings. The number of aromatic nitrogens is 2. The molecular weight excluding hydrogens is 214 g/mol. The maximum absolute atomic E-state index is 11.1. The van der Waals surface area contributed by atoms with E-state index < -0.39 is 0 Å². The van der Waals surface area contributed by atoms with Gasteiger partial charge in [-0.2, -0.15) is 0 Å². The van der Waals surface area contributed by atoms with Crippen LogP contribution in [-0.2, 0) is 10.2 Å². The lowest BCUT2D eigenvalue weighted by Crippen LogP contribution is -2.46. The predicted molar refractivity (Wildman–Crippen MR) is 67.6 cm³/mol. The van der Waals surface area contributed by atoms with E-state index in [0.29, 0.717) is 0 Å². The molecule has 0 saturated heterocycles. The smallest absolute Gasteiger partial charge is 0.217 e. The molecule has 1 aromatic heterocycles. The van der Waals surface area contributed by atoms with Gasteiger partial charge in [0.2, 0.25) is 5.91 Å². The second-order valence-electron chi connectivity index (χ2n) is 5.75. The summed E-state index contributed by atoms with van der Waals surface area (Å²) in [6, 6.07) is 0. The van der Waals surface area contributed by atoms with Crippen LogP contribution in [0.1, 0.15) is 46.6 Å². The lowest BCUT2D eigenvalue weighted by molar-refractivity contribution is -0.120. The monoisotopic (exact) mass is 235 g/mol. The van der Waals surface area contributed by atoms with Crippen LogP contribution in [0.5, 0.6) is 0 Å². The highest BCUT2D eigenvalue weighted by Gasteiger charge is 2.31. The van der Waals surface area contributed by atoms with Crippen molar-refractivity contribution in [3.05, 3.63) is 24.3 Å². The Labute approximate surface area is 103 Å². The molecule has 0 unspecified atom stereocenters. The molecule has 1 amide bonds. The van der Waals surface area contributed by atoms with Gasteiger partial charge in [-0.15, -0.1) is 0 Å². The lowest BCUT2D eigenvalue weighted by atomic mass is 9.76. The lowest BCUT2D eigenvalue weighted by Gasteiger charge is -2.35. The first-order valence-electron chi connectivity index (χ1n) is 5.77. The fourth-order valence-electron chi connectivity index (χ4n) is 2.38. The second kappa shape index (κ2) is 4.82. The molecule has 0 aliphatic carbocycles. The Hall–Kier alpha value is -1.45. The molecule has 0 spiro atoms. The van der Waals surface area contributed by atoms with E-state index in [-0.39, 0.29) is 16.9 Å². The molecule has 0 atom stereocenters. The zero-order chi connectivity index (χ0) is 13.1. The fourth-order valence-corrected chi connectivity index (χ4v) is 2.38. The van der Waals surface area contributed by atoms with Crippen molar-refractivity contribution in [3.63, 3.8) is 0 Å². The third-order valence-electron chi connectivity index (χ3n) is 2.74. The zero-order valence-electron chi connectivity index (χ0n) is 11.2. The first-order chi connectivity index (χ1) is 7.73. The van der Waals surface area contributed by atoms with Crippen LogP contribution < -0.4 is 5.32 Å². The maximum atomic E-state index is 11.1. The number of carbonyl (C=O) groups is 1. The first kappa shape index (κ1) is 13.6. The standard InChI is InChI=1S/C13H21N3O/c1-10(17)16-13(4,5)8-12(2,3)11-6-14-9-15-7-11/h6-7,9H,8H2,1-5H3,(H,16,17). The summed E-state index contributed by atoms with van der Waals surface area (Å²) in [5.41, 5.74) is 0.761. The van der Waals surface area contributed by atoms with Gasteiger partial charge in [0.1, 0.15) is 6.33 Å². The van der Waals surface area contributed by atoms with Gasteiger partial charge >= 0.3 is 0 Å². The van der Waals surface area contributed by atoms with Crippen LogP contribution >= 0.6 is 0 Å². The number of amides is 1. The molecule has 17 heavy (non-hydrogen) atoms. The molecule has 1 rings (SSSR count). The molecule has 1 N–H and O–H groups in total. The zero-order valence-corrected chi connectivity index (χ0v) is 11.2. The molecule has 0 bridgehead atoms. The normalized spacial score (nSPS) is 12.3. The average molecular weight is 235 g/mol. The van der Waals surface area contributed by atoms with Gasteiger partial charge in [-0.3, -0.25) is 4.79 Å². The van der Waals surface area contributed by atoms with E-state index in [1.54, 1.807) is 6.92 Å². The van der Waals surface area contributed by atoms with Gasteiger partial charge in [0.05, 0.1) is 0 Å². The van der Waals surface area contributed by atoms with Gasteiger partial charge in [0, 0.05) is 24.9 Å². The van der Waals surface area contributed by atoms with E-state index in [0.717, 1.165) is 12.0 Å². The van der Waals surface area contributed by atoms with Crippen molar-refractivity contribution < 1.29 is 4.79 Å². The van der Waals surface area contributed by atoms with E-state index in [1.807, 2.05) is 26.2 Å². The van der Waals surface area contributed by atoms with E-state index in [1.165, 1.54) is 6.33 Å². The molecule has 4 nitrogen and oxygen atoms in total. The van der Waals surface area contributed by atoms with Gasteiger partial charge < -0.3 is 5.32 Å². The molecule has 1 heterocycles. The summed E-state index contributed by atoms with van der Waals surface area (Å²) in [6.45, 7) is 9.87. The number of rotatable bonds is 4. The fraction of sp³-hybridized carbons (Fsp3) is 0.615. The summed E-state index contributed by atoms with van der Waals surface area (Å²) in [5, 5.41) is 2.97. The molecule has 0 aliphatic rings. The van der Waals surface area contributed by atoms with E-state index in [4.69, 9.17) is 0 Å². The Morgan fingerprint density at radius 3 is 2.24 bits per heavy atom. The van der Waals surface area contributed by atoms with E-state index in [9.17, 15) is 4.79 Å². The van der Waals surface area contributed by atoms with Crippen LogP contribution in [0.15, 0.2) is 18.7 Å². The van der Waals surface area contributed by atoms with Gasteiger partial charge in [0.15, 0.2) is 0 Å². The van der Waals surface area contributed by atoms with Gasteiger partial charge in [-0.25, -0.2) is 9.97 Å². The van der Waals surface area contributed by atoms with Gasteiger partial charge in [-0.05, 0) is 31.2 Å². The molecule has 0 aromatic carbocycles. The van der Waals surface area contributed by atoms with Crippen LogP contribution in [0.2, 0.25) is 0 Å². The van der Waals surface area contributed by atoms with Crippen molar-refractivity contribution in [2.75, 3.05) is 0 Å². The number of nitrogens with one attached hydrogen (secondary N) is 1. The highest BCUT2D eigenvalue weighted by atomic mass is 16.1. The third-order valence-corrected chi connectivity index (χ3v) is 2.74. The molecule has 1 aromatic rings. The SMILES string of the molecule is CC(=O)NC(C)(C)CC(C)(C)c1cncnc1. The van der Waals surface area contributed by atoms with Crippen molar-refractivity contribution in [3.8, 4) is 0 Å². The van der Waals surface area contributed by atoms with Crippen molar-refractivity contribution in [2.24, 2.45) is 0 Å². The second-order valence-corrected chi connectivity index (χ2v) is 5.75. The Morgan fingerprint density at radius 2 is 1.76 bits per heavy atom. The summed E-state index contributed by atoms with van der Waals surface area (Å²) in [6.07, 6.45) is 6.01. The van der Waals surface area contributed by atoms with Crippen LogP contribution in [0.4, 0.5) is 0 Å². The minimum absolute atomic E-state index is 0.00453. The summed E-state index contributed by atoms with van der Waals surface area (Å²) < 4.78 is 0. The summed E-state index contributed by atoms with van der Waals surface area (Å²) in [4.78, 5) is 19.2. The van der Waals surface area contributed by atoms with Gasteiger partial charge in [0.25, 0.3) is 0 Å². The number of hydrogen-bond acceptors (Lipinski definition) is 3. The van der Waals surface area contributed by atoms with Crippen LogP contribution in [0.25, 0.3) is 0 Å². The molecule has 0 radical (unpaired) electrons. The van der Waals surface area contributed by atoms with E-state index in [2.05, 4.69) is 29.1 Å². The highest BCUT2D eigenvalue weighted by molar-refractivity contribution is 5.73.